The molecular formula is C10H14N2O. The van der Waals surface area contributed by atoms with E-state index in [9.17, 15) is 5.11 Å². The molecule has 13 heavy (non-hydrogen) atoms. The summed E-state index contributed by atoms with van der Waals surface area (Å²) in [4.78, 5) is 0. The molecule has 4 N–H and O–H groups in total. The van der Waals surface area contributed by atoms with E-state index in [0.717, 1.165) is 30.4 Å². The molecular weight excluding hydrogens is 164 g/mol. The SMILES string of the molecule is NN[C@H]1CCCc2c(O)cccc21. The minimum absolute atomic E-state index is 0.204. The summed E-state index contributed by atoms with van der Waals surface area (Å²) in [5, 5.41) is 9.60. The van der Waals surface area contributed by atoms with Crippen LogP contribution >= 0.6 is 0 Å². The third kappa shape index (κ3) is 1.41. The number of aromatic hydroxyl groups is 1. The second-order valence-electron chi connectivity index (χ2n) is 3.46. The van der Waals surface area contributed by atoms with E-state index >= 15 is 0 Å². The maximum absolute atomic E-state index is 9.60. The Labute approximate surface area is 77.5 Å². The van der Waals surface area contributed by atoms with Crippen molar-refractivity contribution in [2.24, 2.45) is 5.84 Å². The Morgan fingerprint density at radius 1 is 1.46 bits per heavy atom. The van der Waals surface area contributed by atoms with E-state index in [-0.39, 0.29) is 6.04 Å². The molecule has 0 spiro atoms. The van der Waals surface area contributed by atoms with Crippen LogP contribution in [0.25, 0.3) is 0 Å². The van der Waals surface area contributed by atoms with Crippen molar-refractivity contribution in [3.05, 3.63) is 29.3 Å². The van der Waals surface area contributed by atoms with Gasteiger partial charge in [0.2, 0.25) is 0 Å². The fraction of sp³-hybridized carbons (Fsp3) is 0.400. The molecule has 0 radical (unpaired) electrons. The molecule has 0 aliphatic heterocycles. The minimum atomic E-state index is 0.204. The van der Waals surface area contributed by atoms with Crippen LogP contribution < -0.4 is 11.3 Å². The lowest BCUT2D eigenvalue weighted by Crippen LogP contribution is -2.30. The van der Waals surface area contributed by atoms with Crippen LogP contribution in [0.4, 0.5) is 0 Å². The molecule has 1 aliphatic rings. The molecule has 1 aromatic rings. The standard InChI is InChI=1S/C10H14N2O/c11-12-9-5-1-4-8-7(9)3-2-6-10(8)13/h2-3,6,9,12-13H,1,4-5,11H2/t9-/m0/s1. The zero-order chi connectivity index (χ0) is 9.26. The van der Waals surface area contributed by atoms with Gasteiger partial charge in [-0.15, -0.1) is 0 Å². The van der Waals surface area contributed by atoms with E-state index < -0.39 is 0 Å². The number of hydrogen-bond acceptors (Lipinski definition) is 3. The lowest BCUT2D eigenvalue weighted by atomic mass is 9.87. The number of phenols is 1. The predicted octanol–water partition coefficient (Wildman–Crippen LogP) is 1.23. The first kappa shape index (κ1) is 8.53. The van der Waals surface area contributed by atoms with Crippen LogP contribution in [0.2, 0.25) is 0 Å². The van der Waals surface area contributed by atoms with Gasteiger partial charge < -0.3 is 5.11 Å². The van der Waals surface area contributed by atoms with Gasteiger partial charge in [0.1, 0.15) is 5.75 Å². The molecule has 0 bridgehead atoms. The molecule has 0 aromatic heterocycles. The van der Waals surface area contributed by atoms with Crippen LogP contribution in [0.15, 0.2) is 18.2 Å². The lowest BCUT2D eigenvalue weighted by molar-refractivity contribution is 0.435. The van der Waals surface area contributed by atoms with E-state index in [1.165, 1.54) is 0 Å². The van der Waals surface area contributed by atoms with Gasteiger partial charge >= 0.3 is 0 Å². The molecule has 0 fully saturated rings. The van der Waals surface area contributed by atoms with Gasteiger partial charge in [0.05, 0.1) is 0 Å². The number of hydrazine groups is 1. The Morgan fingerprint density at radius 2 is 2.31 bits per heavy atom. The lowest BCUT2D eigenvalue weighted by Gasteiger charge is -2.25. The van der Waals surface area contributed by atoms with Gasteiger partial charge in [0.25, 0.3) is 0 Å². The van der Waals surface area contributed by atoms with Crippen molar-refractivity contribution in [1.29, 1.82) is 0 Å². The number of fused-ring (bicyclic) bond motifs is 1. The van der Waals surface area contributed by atoms with Crippen LogP contribution in [0, 0.1) is 0 Å². The first-order chi connectivity index (χ1) is 6.33. The number of rotatable bonds is 1. The van der Waals surface area contributed by atoms with Crippen molar-refractivity contribution in [2.75, 3.05) is 0 Å². The minimum Gasteiger partial charge on any atom is -0.508 e. The summed E-state index contributed by atoms with van der Waals surface area (Å²) in [5.74, 6) is 5.84. The molecule has 0 saturated heterocycles. The summed E-state index contributed by atoms with van der Waals surface area (Å²) in [6.07, 6.45) is 3.09. The van der Waals surface area contributed by atoms with E-state index in [1.807, 2.05) is 12.1 Å². The van der Waals surface area contributed by atoms with Crippen LogP contribution in [-0.4, -0.2) is 5.11 Å². The maximum atomic E-state index is 9.60. The van der Waals surface area contributed by atoms with Gasteiger partial charge in [-0.3, -0.25) is 11.3 Å². The number of nitrogens with one attached hydrogen (secondary N) is 1. The molecule has 1 aliphatic carbocycles. The fourth-order valence-electron chi connectivity index (χ4n) is 2.00. The van der Waals surface area contributed by atoms with Crippen LogP contribution in [-0.2, 0) is 6.42 Å². The molecule has 70 valence electrons. The van der Waals surface area contributed by atoms with Crippen molar-refractivity contribution in [3.63, 3.8) is 0 Å². The van der Waals surface area contributed by atoms with Gasteiger partial charge in [-0.2, -0.15) is 0 Å². The summed E-state index contributed by atoms with van der Waals surface area (Å²) in [6, 6.07) is 5.83. The Morgan fingerprint density at radius 3 is 3.08 bits per heavy atom. The normalized spacial score (nSPS) is 21.2. The highest BCUT2D eigenvalue weighted by molar-refractivity contribution is 5.42. The molecule has 0 saturated carbocycles. The average Bonchev–Trinajstić information content (AvgIpc) is 2.18. The molecule has 0 amide bonds. The average molecular weight is 178 g/mol. The molecule has 1 aromatic carbocycles. The van der Waals surface area contributed by atoms with E-state index in [2.05, 4.69) is 5.43 Å². The van der Waals surface area contributed by atoms with Crippen molar-refractivity contribution in [1.82, 2.24) is 5.43 Å². The summed E-state index contributed by atoms with van der Waals surface area (Å²) in [5.41, 5.74) is 4.98. The Kier molecular flexibility index (Phi) is 2.20. The summed E-state index contributed by atoms with van der Waals surface area (Å²) < 4.78 is 0. The molecule has 1 atom stereocenters. The summed E-state index contributed by atoms with van der Waals surface area (Å²) in [6.45, 7) is 0. The van der Waals surface area contributed by atoms with Crippen LogP contribution in [0.3, 0.4) is 0 Å². The quantitative estimate of drug-likeness (QED) is 0.448. The van der Waals surface area contributed by atoms with Crippen molar-refractivity contribution in [3.8, 4) is 5.75 Å². The third-order valence-corrected chi connectivity index (χ3v) is 2.68. The van der Waals surface area contributed by atoms with Crippen molar-refractivity contribution in [2.45, 2.75) is 25.3 Å². The first-order valence-corrected chi connectivity index (χ1v) is 4.60. The molecule has 3 heteroatoms. The molecule has 0 unspecified atom stereocenters. The zero-order valence-corrected chi connectivity index (χ0v) is 7.46. The highest BCUT2D eigenvalue weighted by Crippen LogP contribution is 2.33. The second kappa shape index (κ2) is 3.36. The number of phenolic OH excluding ortho intramolecular Hbond substituents is 1. The van der Waals surface area contributed by atoms with Gasteiger partial charge in [0, 0.05) is 6.04 Å². The monoisotopic (exact) mass is 178 g/mol. The largest absolute Gasteiger partial charge is 0.508 e. The van der Waals surface area contributed by atoms with Crippen LogP contribution in [0.1, 0.15) is 30.0 Å². The maximum Gasteiger partial charge on any atom is 0.119 e. The Bertz CT molecular complexity index is 312. The predicted molar refractivity (Wildman–Crippen MR) is 51.1 cm³/mol. The number of benzene rings is 1. The number of hydrogen-bond donors (Lipinski definition) is 3. The van der Waals surface area contributed by atoms with E-state index in [0.29, 0.717) is 5.75 Å². The topological polar surface area (TPSA) is 58.3 Å². The van der Waals surface area contributed by atoms with Gasteiger partial charge in [-0.1, -0.05) is 12.1 Å². The van der Waals surface area contributed by atoms with Gasteiger partial charge in [0.15, 0.2) is 0 Å². The smallest absolute Gasteiger partial charge is 0.119 e. The van der Waals surface area contributed by atoms with Gasteiger partial charge in [-0.25, -0.2) is 0 Å². The van der Waals surface area contributed by atoms with Gasteiger partial charge in [-0.05, 0) is 36.5 Å². The van der Waals surface area contributed by atoms with Crippen molar-refractivity contribution >= 4 is 0 Å². The van der Waals surface area contributed by atoms with E-state index in [4.69, 9.17) is 5.84 Å². The summed E-state index contributed by atoms with van der Waals surface area (Å²) in [7, 11) is 0. The van der Waals surface area contributed by atoms with E-state index in [1.54, 1.807) is 6.07 Å². The van der Waals surface area contributed by atoms with Crippen molar-refractivity contribution < 1.29 is 5.11 Å². The highest BCUT2D eigenvalue weighted by atomic mass is 16.3. The molecule has 2 rings (SSSR count). The Balaban J connectivity index is 2.45. The highest BCUT2D eigenvalue weighted by Gasteiger charge is 2.20. The third-order valence-electron chi connectivity index (χ3n) is 2.68. The molecule has 3 nitrogen and oxygen atoms in total. The zero-order valence-electron chi connectivity index (χ0n) is 7.46. The fourth-order valence-corrected chi connectivity index (χ4v) is 2.00. The first-order valence-electron chi connectivity index (χ1n) is 4.60. The van der Waals surface area contributed by atoms with Crippen LogP contribution in [0.5, 0.6) is 5.75 Å². The molecule has 0 heterocycles. The number of nitrogens with two attached hydrogens (primary N) is 1. The summed E-state index contributed by atoms with van der Waals surface area (Å²) >= 11 is 0. The second-order valence-corrected chi connectivity index (χ2v) is 3.46. The Hall–Kier alpha value is -1.06.